The molecule has 1 fully saturated rings. The first kappa shape index (κ1) is 20.3. The molecule has 0 aliphatic carbocycles. The van der Waals surface area contributed by atoms with Gasteiger partial charge in [-0.2, -0.15) is 0 Å². The Labute approximate surface area is 174 Å². The molecule has 0 amide bonds. The third-order valence-electron chi connectivity index (χ3n) is 5.97. The zero-order valence-corrected chi connectivity index (χ0v) is 17.4. The zero-order valence-electron chi connectivity index (χ0n) is 17.4. The second-order valence-corrected chi connectivity index (χ2v) is 8.08. The Morgan fingerprint density at radius 1 is 1.20 bits per heavy atom. The van der Waals surface area contributed by atoms with E-state index in [0.29, 0.717) is 36.5 Å². The van der Waals surface area contributed by atoms with Gasteiger partial charge in [0, 0.05) is 25.4 Å². The van der Waals surface area contributed by atoms with Crippen LogP contribution in [0.25, 0.3) is 11.2 Å². The van der Waals surface area contributed by atoms with Crippen molar-refractivity contribution in [2.75, 3.05) is 20.1 Å². The number of aryl methyl sites for hydroxylation is 2. The van der Waals surface area contributed by atoms with Gasteiger partial charge < -0.3 is 9.47 Å². The van der Waals surface area contributed by atoms with Crippen LogP contribution in [0.5, 0.6) is 0 Å². The van der Waals surface area contributed by atoms with Crippen molar-refractivity contribution >= 4 is 16.9 Å². The number of carbonyl (C=O) groups is 1. The molecular formula is C22H27N5O3. The number of fused-ring (bicyclic) bond motifs is 1. The van der Waals surface area contributed by atoms with Gasteiger partial charge in [-0.3, -0.25) is 19.1 Å². The zero-order chi connectivity index (χ0) is 21.3. The Hall–Kier alpha value is -3.00. The molecule has 1 atom stereocenters. The number of nitrogens with one attached hydrogen (secondary N) is 1. The molecule has 1 N–H and O–H groups in total. The summed E-state index contributed by atoms with van der Waals surface area (Å²) in [5, 5.41) is 0. The summed E-state index contributed by atoms with van der Waals surface area (Å²) in [6.45, 7) is 4.71. The van der Waals surface area contributed by atoms with Gasteiger partial charge in [0.05, 0.1) is 12.9 Å². The van der Waals surface area contributed by atoms with Crippen molar-refractivity contribution in [3.63, 3.8) is 0 Å². The summed E-state index contributed by atoms with van der Waals surface area (Å²) in [5.74, 6) is 0.517. The normalized spacial score (nSPS) is 17.1. The van der Waals surface area contributed by atoms with Gasteiger partial charge in [-0.1, -0.05) is 24.3 Å². The molecular weight excluding hydrogens is 382 g/mol. The molecule has 4 rings (SSSR count). The quantitative estimate of drug-likeness (QED) is 0.637. The standard InChI is InChI=1S/C22H27N5O3/c1-3-26-14-23-20-19(26)21(29)24-22(30)27(20)12-16-6-4-15(5-7-16)8-9-18(28)17-10-11-25(2)13-17/h4-7,14,17H,3,8-13H2,1-2H3,(H,24,29,30). The van der Waals surface area contributed by atoms with Gasteiger partial charge in [-0.25, -0.2) is 9.78 Å². The first-order valence-corrected chi connectivity index (χ1v) is 10.4. The van der Waals surface area contributed by atoms with E-state index >= 15 is 0 Å². The van der Waals surface area contributed by atoms with Crippen molar-refractivity contribution in [3.05, 3.63) is 62.6 Å². The summed E-state index contributed by atoms with van der Waals surface area (Å²) in [6.07, 6.45) is 3.83. The first-order chi connectivity index (χ1) is 14.5. The van der Waals surface area contributed by atoms with E-state index in [9.17, 15) is 14.4 Å². The molecule has 1 aliphatic heterocycles. The number of ketones is 1. The van der Waals surface area contributed by atoms with E-state index in [0.717, 1.165) is 37.1 Å². The molecule has 1 aromatic carbocycles. The number of H-pyrrole nitrogens is 1. The highest BCUT2D eigenvalue weighted by atomic mass is 16.2. The second-order valence-electron chi connectivity index (χ2n) is 8.08. The summed E-state index contributed by atoms with van der Waals surface area (Å²) >= 11 is 0. The Bertz CT molecular complexity index is 1170. The molecule has 3 heterocycles. The molecule has 2 aromatic heterocycles. The van der Waals surface area contributed by atoms with Crippen LogP contribution in [0.2, 0.25) is 0 Å². The lowest BCUT2D eigenvalue weighted by molar-refractivity contribution is -0.122. The highest BCUT2D eigenvalue weighted by Gasteiger charge is 2.25. The number of carbonyl (C=O) groups excluding carboxylic acids is 1. The third-order valence-corrected chi connectivity index (χ3v) is 5.97. The summed E-state index contributed by atoms with van der Waals surface area (Å²) in [5.41, 5.74) is 1.95. The average Bonchev–Trinajstić information content (AvgIpc) is 3.36. The Morgan fingerprint density at radius 3 is 2.60 bits per heavy atom. The fraction of sp³-hybridized carbons (Fsp3) is 0.455. The summed E-state index contributed by atoms with van der Waals surface area (Å²) in [4.78, 5) is 45.8. The average molecular weight is 409 g/mol. The van der Waals surface area contributed by atoms with Crippen LogP contribution in [0.3, 0.4) is 0 Å². The van der Waals surface area contributed by atoms with Gasteiger partial charge >= 0.3 is 5.69 Å². The molecule has 8 heteroatoms. The number of aromatic nitrogens is 4. The fourth-order valence-corrected chi connectivity index (χ4v) is 4.17. The van der Waals surface area contributed by atoms with Gasteiger partial charge in [0.25, 0.3) is 5.56 Å². The highest BCUT2D eigenvalue weighted by molar-refractivity contribution is 5.81. The Balaban J connectivity index is 1.46. The van der Waals surface area contributed by atoms with Crippen LogP contribution in [-0.2, 0) is 24.3 Å². The van der Waals surface area contributed by atoms with Crippen LogP contribution < -0.4 is 11.2 Å². The van der Waals surface area contributed by atoms with Gasteiger partial charge in [-0.05, 0) is 44.5 Å². The summed E-state index contributed by atoms with van der Waals surface area (Å²) in [6, 6.07) is 7.93. The van der Waals surface area contributed by atoms with Crippen LogP contribution in [0.15, 0.2) is 40.2 Å². The van der Waals surface area contributed by atoms with E-state index in [4.69, 9.17) is 0 Å². The molecule has 1 aliphatic rings. The lowest BCUT2D eigenvalue weighted by Gasteiger charge is -2.10. The molecule has 1 saturated heterocycles. The Kier molecular flexibility index (Phi) is 5.67. The third kappa shape index (κ3) is 4.00. The maximum atomic E-state index is 12.4. The minimum Gasteiger partial charge on any atom is -0.325 e. The number of benzene rings is 1. The molecule has 30 heavy (non-hydrogen) atoms. The number of imidazole rings is 1. The van der Waals surface area contributed by atoms with Crippen molar-refractivity contribution in [2.45, 2.75) is 39.3 Å². The summed E-state index contributed by atoms with van der Waals surface area (Å²) in [7, 11) is 2.06. The molecule has 1 unspecified atom stereocenters. The maximum absolute atomic E-state index is 12.4. The number of likely N-dealkylation sites (tertiary alicyclic amines) is 1. The molecule has 0 saturated carbocycles. The van der Waals surface area contributed by atoms with Crippen molar-refractivity contribution in [2.24, 2.45) is 5.92 Å². The molecule has 0 spiro atoms. The predicted molar refractivity (Wildman–Crippen MR) is 115 cm³/mol. The van der Waals surface area contributed by atoms with E-state index < -0.39 is 11.2 Å². The summed E-state index contributed by atoms with van der Waals surface area (Å²) < 4.78 is 3.21. The SMILES string of the molecule is CCn1cnc2c1c(=O)[nH]c(=O)n2Cc1ccc(CCC(=O)C2CCN(C)C2)cc1. The fourth-order valence-electron chi connectivity index (χ4n) is 4.17. The van der Waals surface area contributed by atoms with Gasteiger partial charge in [0.1, 0.15) is 5.78 Å². The number of Topliss-reactive ketones (excluding diaryl/α,β-unsaturated/α-hetero) is 1. The van der Waals surface area contributed by atoms with Gasteiger partial charge in [0.2, 0.25) is 0 Å². The van der Waals surface area contributed by atoms with Crippen LogP contribution in [0, 0.1) is 5.92 Å². The van der Waals surface area contributed by atoms with E-state index in [1.807, 2.05) is 31.2 Å². The number of hydrogen-bond acceptors (Lipinski definition) is 5. The van der Waals surface area contributed by atoms with Crippen LogP contribution in [0.4, 0.5) is 0 Å². The van der Waals surface area contributed by atoms with Crippen LogP contribution >= 0.6 is 0 Å². The number of aromatic amines is 1. The molecule has 0 bridgehead atoms. The van der Waals surface area contributed by atoms with E-state index in [1.54, 1.807) is 10.9 Å². The van der Waals surface area contributed by atoms with Crippen LogP contribution in [0.1, 0.15) is 30.9 Å². The maximum Gasteiger partial charge on any atom is 0.330 e. The van der Waals surface area contributed by atoms with Gasteiger partial charge in [0.15, 0.2) is 11.2 Å². The number of rotatable bonds is 7. The van der Waals surface area contributed by atoms with Gasteiger partial charge in [-0.15, -0.1) is 0 Å². The first-order valence-electron chi connectivity index (χ1n) is 10.4. The van der Waals surface area contributed by atoms with E-state index in [-0.39, 0.29) is 5.92 Å². The number of hydrogen-bond donors (Lipinski definition) is 1. The lowest BCUT2D eigenvalue weighted by atomic mass is 9.97. The lowest BCUT2D eigenvalue weighted by Crippen LogP contribution is -2.31. The minimum absolute atomic E-state index is 0.173. The highest BCUT2D eigenvalue weighted by Crippen LogP contribution is 2.18. The molecule has 8 nitrogen and oxygen atoms in total. The number of nitrogens with zero attached hydrogens (tertiary/aromatic N) is 4. The predicted octanol–water partition coefficient (Wildman–Crippen LogP) is 1.41. The van der Waals surface area contributed by atoms with Crippen LogP contribution in [-0.4, -0.2) is 49.9 Å². The van der Waals surface area contributed by atoms with Crippen molar-refractivity contribution in [1.82, 2.24) is 24.0 Å². The topological polar surface area (TPSA) is 93.0 Å². The monoisotopic (exact) mass is 409 g/mol. The second kappa shape index (κ2) is 8.39. The van der Waals surface area contributed by atoms with Crippen molar-refractivity contribution in [3.8, 4) is 0 Å². The molecule has 3 aromatic rings. The van der Waals surface area contributed by atoms with E-state index in [1.165, 1.54) is 4.57 Å². The van der Waals surface area contributed by atoms with Crippen molar-refractivity contribution in [1.29, 1.82) is 0 Å². The van der Waals surface area contributed by atoms with E-state index in [2.05, 4.69) is 21.9 Å². The molecule has 158 valence electrons. The largest absolute Gasteiger partial charge is 0.330 e. The Morgan fingerprint density at radius 2 is 1.93 bits per heavy atom. The molecule has 0 radical (unpaired) electrons. The smallest absolute Gasteiger partial charge is 0.325 e. The van der Waals surface area contributed by atoms with Crippen molar-refractivity contribution < 1.29 is 4.79 Å². The minimum atomic E-state index is -0.468.